The van der Waals surface area contributed by atoms with Gasteiger partial charge >= 0.3 is 0 Å². The van der Waals surface area contributed by atoms with Gasteiger partial charge in [0.1, 0.15) is 12.4 Å². The van der Waals surface area contributed by atoms with Crippen LogP contribution in [0.3, 0.4) is 0 Å². The third-order valence-corrected chi connectivity index (χ3v) is 2.97. The molecule has 2 unspecified atom stereocenters. The van der Waals surface area contributed by atoms with Crippen LogP contribution >= 0.6 is 0 Å². The van der Waals surface area contributed by atoms with Crippen LogP contribution in [-0.2, 0) is 4.74 Å². The molecule has 0 aliphatic heterocycles. The number of rotatable bonds is 10. The van der Waals surface area contributed by atoms with E-state index in [-0.39, 0.29) is 6.10 Å². The molecule has 0 saturated heterocycles. The van der Waals surface area contributed by atoms with Crippen LogP contribution in [0.5, 0.6) is 5.75 Å². The average molecular weight is 265 g/mol. The first-order valence-corrected chi connectivity index (χ1v) is 7.25. The summed E-state index contributed by atoms with van der Waals surface area (Å²) < 4.78 is 11.3. The van der Waals surface area contributed by atoms with E-state index in [1.165, 1.54) is 12.8 Å². The maximum absolute atomic E-state index is 5.70. The number of ether oxygens (including phenoxy) is 2. The predicted molar refractivity (Wildman–Crippen MR) is 79.7 cm³/mol. The lowest BCUT2D eigenvalue weighted by molar-refractivity contribution is 0.0433. The predicted octanol–water partition coefficient (Wildman–Crippen LogP) is 3.25. The molecule has 0 heterocycles. The molecule has 3 heteroatoms. The summed E-state index contributed by atoms with van der Waals surface area (Å²) >= 11 is 0. The first kappa shape index (κ1) is 16.0. The van der Waals surface area contributed by atoms with E-state index < -0.39 is 0 Å². The third-order valence-electron chi connectivity index (χ3n) is 2.97. The summed E-state index contributed by atoms with van der Waals surface area (Å²) in [6.07, 6.45) is 2.65. The van der Waals surface area contributed by atoms with Gasteiger partial charge in [0.2, 0.25) is 0 Å². The van der Waals surface area contributed by atoms with Gasteiger partial charge in [-0.05, 0) is 32.4 Å². The second-order valence-electron chi connectivity index (χ2n) is 4.94. The monoisotopic (exact) mass is 265 g/mol. The van der Waals surface area contributed by atoms with Gasteiger partial charge in [-0.15, -0.1) is 0 Å². The highest BCUT2D eigenvalue weighted by atomic mass is 16.5. The van der Waals surface area contributed by atoms with E-state index in [1.807, 2.05) is 30.3 Å². The van der Waals surface area contributed by atoms with E-state index in [1.54, 1.807) is 0 Å². The maximum Gasteiger partial charge on any atom is 0.119 e. The topological polar surface area (TPSA) is 30.5 Å². The minimum Gasteiger partial charge on any atom is -0.491 e. The summed E-state index contributed by atoms with van der Waals surface area (Å²) in [5.41, 5.74) is 0. The van der Waals surface area contributed by atoms with Crippen LogP contribution in [-0.4, -0.2) is 31.9 Å². The van der Waals surface area contributed by atoms with E-state index >= 15 is 0 Å². The molecule has 0 bridgehead atoms. The van der Waals surface area contributed by atoms with Crippen LogP contribution in [0.4, 0.5) is 0 Å². The summed E-state index contributed by atoms with van der Waals surface area (Å²) in [7, 11) is 0. The molecule has 1 rings (SSSR count). The second kappa shape index (κ2) is 9.82. The highest BCUT2D eigenvalue weighted by molar-refractivity contribution is 5.20. The fourth-order valence-electron chi connectivity index (χ4n) is 1.89. The molecule has 1 aromatic carbocycles. The molecule has 0 aliphatic carbocycles. The first-order chi connectivity index (χ1) is 9.22. The molecular weight excluding hydrogens is 238 g/mol. The molecular formula is C16H27NO2. The molecule has 0 aromatic heterocycles. The minimum atomic E-state index is 0.221. The molecule has 1 aromatic rings. The Morgan fingerprint density at radius 3 is 2.53 bits per heavy atom. The van der Waals surface area contributed by atoms with Gasteiger partial charge in [0, 0.05) is 12.6 Å². The van der Waals surface area contributed by atoms with Crippen molar-refractivity contribution in [3.63, 3.8) is 0 Å². The van der Waals surface area contributed by atoms with Crippen molar-refractivity contribution < 1.29 is 9.47 Å². The van der Waals surface area contributed by atoms with Gasteiger partial charge in [0.05, 0.1) is 12.7 Å². The van der Waals surface area contributed by atoms with Crippen molar-refractivity contribution in [2.24, 2.45) is 0 Å². The molecule has 2 atom stereocenters. The Morgan fingerprint density at radius 1 is 1.11 bits per heavy atom. The zero-order valence-corrected chi connectivity index (χ0v) is 12.4. The van der Waals surface area contributed by atoms with Crippen LogP contribution in [0, 0.1) is 0 Å². The SMILES string of the molecule is CCCC(C)NCC(C)OCCOc1ccccc1. The van der Waals surface area contributed by atoms with Gasteiger partial charge < -0.3 is 14.8 Å². The number of benzene rings is 1. The first-order valence-electron chi connectivity index (χ1n) is 7.25. The fraction of sp³-hybridized carbons (Fsp3) is 0.625. The van der Waals surface area contributed by atoms with Gasteiger partial charge in [-0.2, -0.15) is 0 Å². The Balaban J connectivity index is 2.02. The zero-order valence-electron chi connectivity index (χ0n) is 12.4. The van der Waals surface area contributed by atoms with Crippen molar-refractivity contribution in [1.29, 1.82) is 0 Å². The molecule has 0 amide bonds. The van der Waals surface area contributed by atoms with Gasteiger partial charge in [0.25, 0.3) is 0 Å². The van der Waals surface area contributed by atoms with Crippen molar-refractivity contribution in [2.75, 3.05) is 19.8 Å². The van der Waals surface area contributed by atoms with E-state index in [0.29, 0.717) is 19.3 Å². The molecule has 0 radical (unpaired) electrons. The average Bonchev–Trinajstić information content (AvgIpc) is 2.43. The quantitative estimate of drug-likeness (QED) is 0.659. The highest BCUT2D eigenvalue weighted by Gasteiger charge is 2.05. The standard InChI is InChI=1S/C16H27NO2/c1-4-8-14(2)17-13-15(3)18-11-12-19-16-9-6-5-7-10-16/h5-7,9-10,14-15,17H,4,8,11-13H2,1-3H3. The number of para-hydroxylation sites is 1. The Labute approximate surface area is 117 Å². The van der Waals surface area contributed by atoms with Crippen LogP contribution in [0.15, 0.2) is 30.3 Å². The Bertz CT molecular complexity index is 316. The summed E-state index contributed by atoms with van der Waals surface area (Å²) in [5, 5.41) is 3.48. The molecule has 108 valence electrons. The number of nitrogens with one attached hydrogen (secondary N) is 1. The maximum atomic E-state index is 5.70. The molecule has 0 spiro atoms. The van der Waals surface area contributed by atoms with Gasteiger partial charge in [0.15, 0.2) is 0 Å². The summed E-state index contributed by atoms with van der Waals surface area (Å²) in [4.78, 5) is 0. The Kier molecular flexibility index (Phi) is 8.26. The van der Waals surface area contributed by atoms with Crippen molar-refractivity contribution >= 4 is 0 Å². The molecule has 19 heavy (non-hydrogen) atoms. The van der Waals surface area contributed by atoms with E-state index in [4.69, 9.17) is 9.47 Å². The van der Waals surface area contributed by atoms with E-state index in [0.717, 1.165) is 12.3 Å². The zero-order chi connectivity index (χ0) is 13.9. The lowest BCUT2D eigenvalue weighted by Gasteiger charge is -2.18. The van der Waals surface area contributed by atoms with Crippen LogP contribution in [0.25, 0.3) is 0 Å². The molecule has 0 fully saturated rings. The van der Waals surface area contributed by atoms with Crippen LogP contribution < -0.4 is 10.1 Å². The van der Waals surface area contributed by atoms with Gasteiger partial charge in [-0.1, -0.05) is 31.5 Å². The van der Waals surface area contributed by atoms with E-state index in [2.05, 4.69) is 26.1 Å². The number of hydrogen-bond donors (Lipinski definition) is 1. The Morgan fingerprint density at radius 2 is 1.84 bits per heavy atom. The van der Waals surface area contributed by atoms with Crippen molar-refractivity contribution in [2.45, 2.75) is 45.8 Å². The largest absolute Gasteiger partial charge is 0.491 e. The van der Waals surface area contributed by atoms with Gasteiger partial charge in [-0.3, -0.25) is 0 Å². The number of hydrogen-bond acceptors (Lipinski definition) is 3. The summed E-state index contributed by atoms with van der Waals surface area (Å²) in [6, 6.07) is 10.4. The summed E-state index contributed by atoms with van der Waals surface area (Å²) in [6.45, 7) is 8.63. The molecule has 0 aliphatic rings. The normalized spacial score (nSPS) is 14.1. The molecule has 3 nitrogen and oxygen atoms in total. The second-order valence-corrected chi connectivity index (χ2v) is 4.94. The summed E-state index contributed by atoms with van der Waals surface area (Å²) in [5.74, 6) is 0.897. The van der Waals surface area contributed by atoms with Gasteiger partial charge in [-0.25, -0.2) is 0 Å². The van der Waals surface area contributed by atoms with Crippen molar-refractivity contribution in [3.8, 4) is 5.75 Å². The molecule has 0 saturated carbocycles. The smallest absolute Gasteiger partial charge is 0.119 e. The highest BCUT2D eigenvalue weighted by Crippen LogP contribution is 2.07. The lowest BCUT2D eigenvalue weighted by atomic mass is 10.2. The van der Waals surface area contributed by atoms with Crippen LogP contribution in [0.2, 0.25) is 0 Å². The van der Waals surface area contributed by atoms with Crippen molar-refractivity contribution in [3.05, 3.63) is 30.3 Å². The Hall–Kier alpha value is -1.06. The third kappa shape index (κ3) is 7.85. The lowest BCUT2D eigenvalue weighted by Crippen LogP contribution is -2.34. The van der Waals surface area contributed by atoms with Crippen molar-refractivity contribution in [1.82, 2.24) is 5.32 Å². The van der Waals surface area contributed by atoms with Crippen LogP contribution in [0.1, 0.15) is 33.6 Å². The molecule has 1 N–H and O–H groups in total. The fourth-order valence-corrected chi connectivity index (χ4v) is 1.89. The minimum absolute atomic E-state index is 0.221. The van der Waals surface area contributed by atoms with E-state index in [9.17, 15) is 0 Å².